The number of hydrogen-bond acceptors (Lipinski definition) is 5. The first-order valence-corrected chi connectivity index (χ1v) is 12.3. The Kier molecular flexibility index (Phi) is 6.88. The predicted octanol–water partition coefficient (Wildman–Crippen LogP) is 4.21. The standard InChI is InChI=1S/C27H29FN4O3/c28-23-8-6-20(7-9-23)25-29-24(35-30-25)18-19-10-14-31(15-11-19)27(34)22-12-16-32(17-13-22)26(33)21-4-2-1-3-5-21/h1-9,19,22H,10-18H2. The normalized spacial score (nSPS) is 17.5. The van der Waals surface area contributed by atoms with Gasteiger partial charge in [0.25, 0.3) is 5.91 Å². The molecule has 0 aliphatic carbocycles. The van der Waals surface area contributed by atoms with Crippen molar-refractivity contribution in [2.24, 2.45) is 11.8 Å². The molecule has 3 heterocycles. The number of piperidine rings is 2. The van der Waals surface area contributed by atoms with E-state index >= 15 is 0 Å². The van der Waals surface area contributed by atoms with E-state index in [-0.39, 0.29) is 23.5 Å². The lowest BCUT2D eigenvalue weighted by Crippen LogP contribution is -2.46. The number of rotatable bonds is 5. The maximum atomic E-state index is 13.1. The minimum atomic E-state index is -0.301. The highest BCUT2D eigenvalue weighted by molar-refractivity contribution is 5.94. The van der Waals surface area contributed by atoms with Crippen LogP contribution in [-0.2, 0) is 11.2 Å². The lowest BCUT2D eigenvalue weighted by molar-refractivity contribution is -0.138. The van der Waals surface area contributed by atoms with E-state index in [0.29, 0.717) is 55.5 Å². The molecule has 8 heteroatoms. The summed E-state index contributed by atoms with van der Waals surface area (Å²) in [7, 11) is 0. The zero-order valence-electron chi connectivity index (χ0n) is 19.6. The Labute approximate surface area is 203 Å². The molecule has 1 aromatic heterocycles. The molecule has 3 aromatic rings. The first kappa shape index (κ1) is 23.2. The van der Waals surface area contributed by atoms with Crippen molar-refractivity contribution in [3.63, 3.8) is 0 Å². The first-order valence-electron chi connectivity index (χ1n) is 12.3. The van der Waals surface area contributed by atoms with E-state index in [1.165, 1.54) is 12.1 Å². The Balaban J connectivity index is 1.08. The monoisotopic (exact) mass is 476 g/mol. The molecule has 0 N–H and O–H groups in total. The van der Waals surface area contributed by atoms with Crippen LogP contribution in [0.2, 0.25) is 0 Å². The summed E-state index contributed by atoms with van der Waals surface area (Å²) >= 11 is 0. The largest absolute Gasteiger partial charge is 0.342 e. The number of carbonyl (C=O) groups excluding carboxylic acids is 2. The van der Waals surface area contributed by atoms with Crippen molar-refractivity contribution in [3.8, 4) is 11.4 Å². The molecule has 2 saturated heterocycles. The predicted molar refractivity (Wildman–Crippen MR) is 128 cm³/mol. The number of benzene rings is 2. The van der Waals surface area contributed by atoms with Gasteiger partial charge in [0, 0.05) is 49.6 Å². The van der Waals surface area contributed by atoms with Crippen LogP contribution < -0.4 is 0 Å². The van der Waals surface area contributed by atoms with Crippen molar-refractivity contribution in [2.45, 2.75) is 32.1 Å². The number of halogens is 1. The van der Waals surface area contributed by atoms with Crippen LogP contribution in [0.1, 0.15) is 41.9 Å². The SMILES string of the molecule is O=C(c1ccccc1)N1CCC(C(=O)N2CCC(Cc3nc(-c4ccc(F)cc4)no3)CC2)CC1. The second-order valence-corrected chi connectivity index (χ2v) is 9.42. The molecular weight excluding hydrogens is 447 g/mol. The second kappa shape index (κ2) is 10.4. The lowest BCUT2D eigenvalue weighted by Gasteiger charge is -2.37. The van der Waals surface area contributed by atoms with Gasteiger partial charge in [-0.25, -0.2) is 4.39 Å². The average molecular weight is 477 g/mol. The van der Waals surface area contributed by atoms with Gasteiger partial charge in [-0.1, -0.05) is 23.4 Å². The summed E-state index contributed by atoms with van der Waals surface area (Å²) in [6.07, 6.45) is 3.89. The average Bonchev–Trinajstić information content (AvgIpc) is 3.38. The van der Waals surface area contributed by atoms with Crippen LogP contribution in [0.3, 0.4) is 0 Å². The quantitative estimate of drug-likeness (QED) is 0.551. The van der Waals surface area contributed by atoms with Gasteiger partial charge in [0.1, 0.15) is 5.82 Å². The van der Waals surface area contributed by atoms with Crippen molar-refractivity contribution in [3.05, 3.63) is 71.9 Å². The van der Waals surface area contributed by atoms with Crippen LogP contribution in [0.5, 0.6) is 0 Å². The molecule has 7 nitrogen and oxygen atoms in total. The third kappa shape index (κ3) is 5.42. The molecular formula is C27H29FN4O3. The molecule has 0 spiro atoms. The van der Waals surface area contributed by atoms with Crippen LogP contribution in [0.4, 0.5) is 4.39 Å². The molecule has 0 unspecified atom stereocenters. The van der Waals surface area contributed by atoms with Gasteiger partial charge in [0.15, 0.2) is 0 Å². The molecule has 2 aromatic carbocycles. The highest BCUT2D eigenvalue weighted by Crippen LogP contribution is 2.27. The fourth-order valence-corrected chi connectivity index (χ4v) is 5.01. The molecule has 0 radical (unpaired) electrons. The molecule has 35 heavy (non-hydrogen) atoms. The number of carbonyl (C=O) groups is 2. The summed E-state index contributed by atoms with van der Waals surface area (Å²) in [6.45, 7) is 2.69. The molecule has 0 saturated carbocycles. The first-order chi connectivity index (χ1) is 17.1. The molecule has 2 aliphatic rings. The third-order valence-corrected chi connectivity index (χ3v) is 7.11. The van der Waals surface area contributed by atoms with Gasteiger partial charge < -0.3 is 14.3 Å². The Morgan fingerprint density at radius 2 is 1.54 bits per heavy atom. The third-order valence-electron chi connectivity index (χ3n) is 7.11. The Bertz CT molecular complexity index is 1150. The number of nitrogens with zero attached hydrogens (tertiary/aromatic N) is 4. The number of aromatic nitrogens is 2. The van der Waals surface area contributed by atoms with E-state index in [0.717, 1.165) is 31.5 Å². The van der Waals surface area contributed by atoms with Crippen LogP contribution >= 0.6 is 0 Å². The fourth-order valence-electron chi connectivity index (χ4n) is 5.01. The second-order valence-electron chi connectivity index (χ2n) is 9.42. The highest BCUT2D eigenvalue weighted by Gasteiger charge is 2.32. The molecule has 182 valence electrons. The van der Waals surface area contributed by atoms with Crippen LogP contribution in [0, 0.1) is 17.7 Å². The van der Waals surface area contributed by atoms with E-state index in [4.69, 9.17) is 4.52 Å². The summed E-state index contributed by atoms with van der Waals surface area (Å²) in [6, 6.07) is 15.3. The van der Waals surface area contributed by atoms with Gasteiger partial charge in [-0.3, -0.25) is 9.59 Å². The van der Waals surface area contributed by atoms with E-state index in [9.17, 15) is 14.0 Å². The van der Waals surface area contributed by atoms with E-state index in [1.807, 2.05) is 40.1 Å². The van der Waals surface area contributed by atoms with E-state index < -0.39 is 0 Å². The topological polar surface area (TPSA) is 79.5 Å². The zero-order chi connectivity index (χ0) is 24.2. The molecule has 2 aliphatic heterocycles. The minimum Gasteiger partial charge on any atom is -0.342 e. The van der Waals surface area contributed by atoms with Gasteiger partial charge in [0.2, 0.25) is 17.6 Å². The highest BCUT2D eigenvalue weighted by atomic mass is 19.1. The summed E-state index contributed by atoms with van der Waals surface area (Å²) in [5.74, 6) is 1.36. The zero-order valence-corrected chi connectivity index (χ0v) is 19.6. The number of likely N-dealkylation sites (tertiary alicyclic amines) is 2. The van der Waals surface area contributed by atoms with E-state index in [2.05, 4.69) is 10.1 Å². The molecule has 5 rings (SSSR count). The minimum absolute atomic E-state index is 0.0134. The molecule has 2 amide bonds. The maximum absolute atomic E-state index is 13.1. The van der Waals surface area contributed by atoms with Crippen LogP contribution in [-0.4, -0.2) is 57.9 Å². The summed E-state index contributed by atoms with van der Waals surface area (Å²) in [5, 5.41) is 4.02. The Morgan fingerprint density at radius 1 is 0.886 bits per heavy atom. The van der Waals surface area contributed by atoms with Gasteiger partial charge in [-0.05, 0) is 68.0 Å². The van der Waals surface area contributed by atoms with Crippen molar-refractivity contribution < 1.29 is 18.5 Å². The lowest BCUT2D eigenvalue weighted by atomic mass is 9.90. The van der Waals surface area contributed by atoms with Crippen molar-refractivity contribution in [1.29, 1.82) is 0 Å². The van der Waals surface area contributed by atoms with Crippen LogP contribution in [0.15, 0.2) is 59.1 Å². The molecule has 2 fully saturated rings. The van der Waals surface area contributed by atoms with Crippen molar-refractivity contribution in [2.75, 3.05) is 26.2 Å². The van der Waals surface area contributed by atoms with Crippen LogP contribution in [0.25, 0.3) is 11.4 Å². The van der Waals surface area contributed by atoms with Gasteiger partial charge in [-0.2, -0.15) is 4.98 Å². The van der Waals surface area contributed by atoms with Gasteiger partial charge in [0.05, 0.1) is 0 Å². The summed E-state index contributed by atoms with van der Waals surface area (Å²) in [5.41, 5.74) is 1.42. The van der Waals surface area contributed by atoms with Crippen molar-refractivity contribution in [1.82, 2.24) is 19.9 Å². The molecule has 0 atom stereocenters. The smallest absolute Gasteiger partial charge is 0.253 e. The van der Waals surface area contributed by atoms with Crippen molar-refractivity contribution >= 4 is 11.8 Å². The fraction of sp³-hybridized carbons (Fsp3) is 0.407. The van der Waals surface area contributed by atoms with Gasteiger partial charge in [-0.15, -0.1) is 0 Å². The Hall–Kier alpha value is -3.55. The molecule has 0 bridgehead atoms. The summed E-state index contributed by atoms with van der Waals surface area (Å²) < 4.78 is 18.5. The maximum Gasteiger partial charge on any atom is 0.253 e. The van der Waals surface area contributed by atoms with Gasteiger partial charge >= 0.3 is 0 Å². The van der Waals surface area contributed by atoms with E-state index in [1.54, 1.807) is 12.1 Å². The number of amides is 2. The number of hydrogen-bond donors (Lipinski definition) is 0. The summed E-state index contributed by atoms with van der Waals surface area (Å²) in [4.78, 5) is 34.1. The Morgan fingerprint density at radius 3 is 2.23 bits per heavy atom.